The topological polar surface area (TPSA) is 50.2 Å². The van der Waals surface area contributed by atoms with Crippen LogP contribution in [-0.4, -0.2) is 39.7 Å². The molecular weight excluding hydrogens is 228 g/mol. The van der Waals surface area contributed by atoms with Crippen LogP contribution in [0.3, 0.4) is 0 Å². The minimum Gasteiger partial charge on any atom is -0.342 e. The van der Waals surface area contributed by atoms with Crippen LogP contribution in [0.1, 0.15) is 33.4 Å². The van der Waals surface area contributed by atoms with E-state index in [0.29, 0.717) is 6.54 Å². The summed E-state index contributed by atoms with van der Waals surface area (Å²) in [6, 6.07) is 1.82. The lowest BCUT2D eigenvalue weighted by Gasteiger charge is -2.23. The van der Waals surface area contributed by atoms with E-state index in [9.17, 15) is 4.79 Å². The maximum atomic E-state index is 12.1. The molecule has 18 heavy (non-hydrogen) atoms. The third kappa shape index (κ3) is 3.57. The summed E-state index contributed by atoms with van der Waals surface area (Å²) in [6.07, 6.45) is 1.79. The van der Waals surface area contributed by atoms with Gasteiger partial charge in [0.2, 0.25) is 5.91 Å². The molecule has 0 bridgehead atoms. The third-order valence-corrected chi connectivity index (χ3v) is 3.14. The molecule has 0 aromatic carbocycles. The van der Waals surface area contributed by atoms with Gasteiger partial charge in [0.1, 0.15) is 0 Å². The number of aromatic nitrogens is 2. The number of carbonyl (C=O) groups is 1. The van der Waals surface area contributed by atoms with Gasteiger partial charge in [-0.25, -0.2) is 0 Å². The number of likely N-dealkylation sites (N-methyl/N-ethyl adjacent to an activating group) is 1. The van der Waals surface area contributed by atoms with Crippen molar-refractivity contribution in [2.24, 2.45) is 0 Å². The largest absolute Gasteiger partial charge is 0.342 e. The first-order chi connectivity index (χ1) is 8.63. The summed E-state index contributed by atoms with van der Waals surface area (Å²) in [5.74, 6) is 0.155. The van der Waals surface area contributed by atoms with E-state index in [2.05, 4.69) is 17.3 Å². The van der Waals surface area contributed by atoms with Crippen molar-refractivity contribution in [3.8, 4) is 0 Å². The predicted molar refractivity (Wildman–Crippen MR) is 72.1 cm³/mol. The maximum absolute atomic E-state index is 12.1. The Hall–Kier alpha value is -1.36. The van der Waals surface area contributed by atoms with Crippen molar-refractivity contribution in [1.82, 2.24) is 20.0 Å². The number of hydrogen-bond donors (Lipinski definition) is 1. The Labute approximate surface area is 109 Å². The first-order valence-corrected chi connectivity index (χ1v) is 6.66. The second kappa shape index (κ2) is 7.16. The second-order valence-electron chi connectivity index (χ2n) is 4.25. The molecule has 1 aromatic rings. The molecule has 0 spiro atoms. The molecule has 0 saturated heterocycles. The zero-order valence-corrected chi connectivity index (χ0v) is 11.8. The van der Waals surface area contributed by atoms with E-state index in [1.54, 1.807) is 6.20 Å². The molecule has 0 aliphatic carbocycles. The Kier molecular flexibility index (Phi) is 5.85. The lowest BCUT2D eigenvalue weighted by atomic mass is 10.2. The normalized spacial score (nSPS) is 12.4. The molecule has 1 atom stereocenters. The SMILES string of the molecule is CCN(CC)C(=O)C(C)NCc1ccnn1CC. The molecule has 5 nitrogen and oxygen atoms in total. The van der Waals surface area contributed by atoms with Crippen LogP contribution in [0.15, 0.2) is 12.3 Å². The van der Waals surface area contributed by atoms with Crippen molar-refractivity contribution < 1.29 is 4.79 Å². The third-order valence-electron chi connectivity index (χ3n) is 3.14. The van der Waals surface area contributed by atoms with E-state index in [4.69, 9.17) is 0 Å². The van der Waals surface area contributed by atoms with Gasteiger partial charge >= 0.3 is 0 Å². The average Bonchev–Trinajstić information content (AvgIpc) is 2.84. The molecule has 1 unspecified atom stereocenters. The summed E-state index contributed by atoms with van der Waals surface area (Å²) < 4.78 is 1.93. The highest BCUT2D eigenvalue weighted by molar-refractivity contribution is 5.81. The Bertz CT molecular complexity index is 371. The smallest absolute Gasteiger partial charge is 0.239 e. The molecule has 1 amide bonds. The molecule has 1 rings (SSSR count). The molecule has 1 heterocycles. The predicted octanol–water partition coefficient (Wildman–Crippen LogP) is 1.25. The molecule has 1 N–H and O–H groups in total. The van der Waals surface area contributed by atoms with E-state index in [1.165, 1.54) is 0 Å². The van der Waals surface area contributed by atoms with Crippen molar-refractivity contribution in [2.75, 3.05) is 13.1 Å². The van der Waals surface area contributed by atoms with Crippen LogP contribution >= 0.6 is 0 Å². The lowest BCUT2D eigenvalue weighted by Crippen LogP contribution is -2.44. The fraction of sp³-hybridized carbons (Fsp3) is 0.692. The molecule has 1 aromatic heterocycles. The van der Waals surface area contributed by atoms with Gasteiger partial charge in [-0.15, -0.1) is 0 Å². The van der Waals surface area contributed by atoms with Crippen LogP contribution in [0.5, 0.6) is 0 Å². The Balaban J connectivity index is 2.50. The monoisotopic (exact) mass is 252 g/mol. The molecular formula is C13H24N4O. The number of aryl methyl sites for hydroxylation is 1. The number of carbonyl (C=O) groups excluding carboxylic acids is 1. The van der Waals surface area contributed by atoms with Gasteiger partial charge in [0.25, 0.3) is 0 Å². The summed E-state index contributed by atoms with van der Waals surface area (Å²) in [6.45, 7) is 11.0. The van der Waals surface area contributed by atoms with Crippen LogP contribution in [0.2, 0.25) is 0 Å². The summed E-state index contributed by atoms with van der Waals surface area (Å²) in [5, 5.41) is 7.46. The number of nitrogens with zero attached hydrogens (tertiary/aromatic N) is 3. The quantitative estimate of drug-likeness (QED) is 0.794. The van der Waals surface area contributed by atoms with E-state index in [-0.39, 0.29) is 11.9 Å². The van der Waals surface area contributed by atoms with E-state index in [0.717, 1.165) is 25.3 Å². The minimum absolute atomic E-state index is 0.155. The summed E-state index contributed by atoms with van der Waals surface area (Å²) in [7, 11) is 0. The fourth-order valence-electron chi connectivity index (χ4n) is 1.95. The van der Waals surface area contributed by atoms with Gasteiger partial charge in [-0.1, -0.05) is 0 Å². The fourth-order valence-corrected chi connectivity index (χ4v) is 1.95. The van der Waals surface area contributed by atoms with Crippen LogP contribution in [0.25, 0.3) is 0 Å². The van der Waals surface area contributed by atoms with E-state index >= 15 is 0 Å². The van der Waals surface area contributed by atoms with Gasteiger partial charge in [-0.3, -0.25) is 9.48 Å². The van der Waals surface area contributed by atoms with Crippen LogP contribution < -0.4 is 5.32 Å². The highest BCUT2D eigenvalue weighted by Gasteiger charge is 2.17. The van der Waals surface area contributed by atoms with Crippen LogP contribution in [0.4, 0.5) is 0 Å². The molecule has 102 valence electrons. The van der Waals surface area contributed by atoms with Crippen molar-refractivity contribution in [1.29, 1.82) is 0 Å². The summed E-state index contributed by atoms with van der Waals surface area (Å²) >= 11 is 0. The number of nitrogens with one attached hydrogen (secondary N) is 1. The first-order valence-electron chi connectivity index (χ1n) is 6.66. The minimum atomic E-state index is -0.162. The lowest BCUT2D eigenvalue weighted by molar-refractivity contribution is -0.132. The highest BCUT2D eigenvalue weighted by atomic mass is 16.2. The Morgan fingerprint density at radius 1 is 1.44 bits per heavy atom. The van der Waals surface area contributed by atoms with Gasteiger partial charge in [-0.05, 0) is 33.8 Å². The van der Waals surface area contributed by atoms with Gasteiger partial charge in [0.15, 0.2) is 0 Å². The number of hydrogen-bond acceptors (Lipinski definition) is 3. The highest BCUT2D eigenvalue weighted by Crippen LogP contribution is 2.00. The van der Waals surface area contributed by atoms with Crippen LogP contribution in [-0.2, 0) is 17.9 Å². The zero-order valence-electron chi connectivity index (χ0n) is 11.8. The Morgan fingerprint density at radius 3 is 2.67 bits per heavy atom. The summed E-state index contributed by atoms with van der Waals surface area (Å²) in [5.41, 5.74) is 1.11. The van der Waals surface area contributed by atoms with Crippen molar-refractivity contribution in [2.45, 2.75) is 46.8 Å². The maximum Gasteiger partial charge on any atom is 0.239 e. The van der Waals surface area contributed by atoms with Crippen LogP contribution in [0, 0.1) is 0 Å². The molecule has 0 saturated carbocycles. The Morgan fingerprint density at radius 2 is 2.11 bits per heavy atom. The molecule has 0 radical (unpaired) electrons. The molecule has 0 fully saturated rings. The molecule has 0 aliphatic heterocycles. The number of amides is 1. The van der Waals surface area contributed by atoms with Gasteiger partial charge < -0.3 is 10.2 Å². The van der Waals surface area contributed by atoms with Gasteiger partial charge in [0.05, 0.1) is 11.7 Å². The first kappa shape index (κ1) is 14.7. The van der Waals surface area contributed by atoms with E-state index in [1.807, 2.05) is 36.4 Å². The molecule has 5 heteroatoms. The van der Waals surface area contributed by atoms with Crippen molar-refractivity contribution in [3.63, 3.8) is 0 Å². The van der Waals surface area contributed by atoms with E-state index < -0.39 is 0 Å². The van der Waals surface area contributed by atoms with Gasteiger partial charge in [-0.2, -0.15) is 5.10 Å². The van der Waals surface area contributed by atoms with Crippen molar-refractivity contribution >= 4 is 5.91 Å². The molecule has 0 aliphatic rings. The zero-order chi connectivity index (χ0) is 13.5. The van der Waals surface area contributed by atoms with Crippen molar-refractivity contribution in [3.05, 3.63) is 18.0 Å². The summed E-state index contributed by atoms with van der Waals surface area (Å²) in [4.78, 5) is 13.9. The number of rotatable bonds is 7. The second-order valence-corrected chi connectivity index (χ2v) is 4.25. The average molecular weight is 252 g/mol. The van der Waals surface area contributed by atoms with Gasteiger partial charge in [0, 0.05) is 32.4 Å². The standard InChI is InChI=1S/C13H24N4O/c1-5-16(6-2)13(18)11(4)14-10-12-8-9-15-17(12)7-3/h8-9,11,14H,5-7,10H2,1-4H3.